The quantitative estimate of drug-likeness (QED) is 0.572. The van der Waals surface area contributed by atoms with Gasteiger partial charge in [-0.2, -0.15) is 0 Å². The minimum Gasteiger partial charge on any atom is -0.459 e. The van der Waals surface area contributed by atoms with Crippen LogP contribution in [0.15, 0.2) is 36.4 Å². The van der Waals surface area contributed by atoms with Gasteiger partial charge in [-0.25, -0.2) is 9.18 Å². The molecule has 1 aliphatic heterocycles. The smallest absolute Gasteiger partial charge is 0.459 e. The minimum absolute atomic E-state index is 0.0143. The lowest BCUT2D eigenvalue weighted by atomic mass is 9.75. The standard InChI is InChI=1S/C21H23BFNO5/c1-12(2)19(21(26)28-10-14-4-7-16(23)8-5-14)24-20(25)17-9-6-15-11-29-22(27)18(15)13(17)3/h4-9,12,19,27H,10-11H2,1-3H3,(H,24,25). The van der Waals surface area contributed by atoms with Crippen LogP contribution in [0.1, 0.15) is 40.9 Å². The van der Waals surface area contributed by atoms with Gasteiger partial charge in [-0.1, -0.05) is 32.0 Å². The number of rotatable bonds is 6. The Morgan fingerprint density at radius 2 is 1.93 bits per heavy atom. The van der Waals surface area contributed by atoms with Crippen LogP contribution in [0.3, 0.4) is 0 Å². The van der Waals surface area contributed by atoms with Crippen molar-refractivity contribution in [2.75, 3.05) is 0 Å². The molecule has 29 heavy (non-hydrogen) atoms. The first kappa shape index (κ1) is 21.0. The molecule has 0 aliphatic carbocycles. The van der Waals surface area contributed by atoms with Gasteiger partial charge < -0.3 is 19.7 Å². The monoisotopic (exact) mass is 399 g/mol. The van der Waals surface area contributed by atoms with Crippen LogP contribution in [-0.4, -0.2) is 30.1 Å². The Morgan fingerprint density at radius 3 is 2.59 bits per heavy atom. The summed E-state index contributed by atoms with van der Waals surface area (Å²) >= 11 is 0. The molecule has 6 nitrogen and oxygen atoms in total. The van der Waals surface area contributed by atoms with Gasteiger partial charge in [-0.3, -0.25) is 4.79 Å². The summed E-state index contributed by atoms with van der Waals surface area (Å²) in [5.74, 6) is -1.57. The Hall–Kier alpha value is -2.71. The molecule has 2 aromatic carbocycles. The number of ether oxygens (including phenoxy) is 1. The zero-order valence-corrected chi connectivity index (χ0v) is 16.6. The summed E-state index contributed by atoms with van der Waals surface area (Å²) in [6.45, 7) is 5.63. The second-order valence-corrected chi connectivity index (χ2v) is 7.40. The van der Waals surface area contributed by atoms with E-state index in [1.165, 1.54) is 24.3 Å². The van der Waals surface area contributed by atoms with E-state index < -0.39 is 25.0 Å². The van der Waals surface area contributed by atoms with E-state index >= 15 is 0 Å². The van der Waals surface area contributed by atoms with E-state index in [0.29, 0.717) is 28.8 Å². The van der Waals surface area contributed by atoms with Crippen molar-refractivity contribution in [1.82, 2.24) is 5.32 Å². The number of hydrogen-bond acceptors (Lipinski definition) is 5. The molecule has 2 aromatic rings. The van der Waals surface area contributed by atoms with Crippen LogP contribution in [0.4, 0.5) is 4.39 Å². The molecule has 0 spiro atoms. The molecule has 8 heteroatoms. The summed E-state index contributed by atoms with van der Waals surface area (Å²) in [5.41, 5.74) is 3.07. The minimum atomic E-state index is -1.06. The van der Waals surface area contributed by atoms with Crippen molar-refractivity contribution in [3.05, 3.63) is 64.5 Å². The van der Waals surface area contributed by atoms with Crippen LogP contribution in [0, 0.1) is 18.7 Å². The number of carbonyl (C=O) groups excluding carboxylic acids is 2. The average Bonchev–Trinajstić information content (AvgIpc) is 3.07. The average molecular weight is 399 g/mol. The van der Waals surface area contributed by atoms with Crippen molar-refractivity contribution >= 4 is 24.5 Å². The van der Waals surface area contributed by atoms with Gasteiger partial charge in [0.1, 0.15) is 18.5 Å². The molecule has 152 valence electrons. The van der Waals surface area contributed by atoms with Gasteiger partial charge in [-0.05, 0) is 53.2 Å². The SMILES string of the molecule is Cc1c(C(=O)NC(C(=O)OCc2ccc(F)cc2)C(C)C)ccc2c1B(O)OC2. The lowest BCUT2D eigenvalue weighted by Crippen LogP contribution is -2.46. The zero-order chi connectivity index (χ0) is 21.1. The lowest BCUT2D eigenvalue weighted by molar-refractivity contribution is -0.148. The summed E-state index contributed by atoms with van der Waals surface area (Å²) in [6.07, 6.45) is 0. The van der Waals surface area contributed by atoms with Crippen molar-refractivity contribution in [1.29, 1.82) is 0 Å². The Kier molecular flexibility index (Phi) is 6.34. The summed E-state index contributed by atoms with van der Waals surface area (Å²) in [5, 5.41) is 12.7. The molecule has 0 radical (unpaired) electrons. The second kappa shape index (κ2) is 8.76. The summed E-state index contributed by atoms with van der Waals surface area (Å²) in [4.78, 5) is 25.4. The van der Waals surface area contributed by atoms with Gasteiger partial charge in [0.05, 0.1) is 6.61 Å². The third-order valence-corrected chi connectivity index (χ3v) is 4.99. The largest absolute Gasteiger partial charge is 0.492 e. The highest BCUT2D eigenvalue weighted by atomic mass is 19.1. The van der Waals surface area contributed by atoms with E-state index in [4.69, 9.17) is 9.39 Å². The molecule has 0 aromatic heterocycles. The molecular formula is C21H23BFNO5. The van der Waals surface area contributed by atoms with Crippen LogP contribution < -0.4 is 10.8 Å². The molecule has 0 saturated heterocycles. The van der Waals surface area contributed by atoms with Crippen molar-refractivity contribution < 1.29 is 28.4 Å². The zero-order valence-electron chi connectivity index (χ0n) is 16.6. The maximum atomic E-state index is 13.0. The predicted molar refractivity (Wildman–Crippen MR) is 106 cm³/mol. The first-order valence-corrected chi connectivity index (χ1v) is 9.42. The first-order chi connectivity index (χ1) is 13.8. The Bertz CT molecular complexity index is 916. The van der Waals surface area contributed by atoms with Gasteiger partial charge in [0.15, 0.2) is 0 Å². The van der Waals surface area contributed by atoms with E-state index in [2.05, 4.69) is 5.32 Å². The number of halogens is 1. The molecule has 0 saturated carbocycles. The number of amides is 1. The van der Waals surface area contributed by atoms with Gasteiger partial charge >= 0.3 is 13.1 Å². The Balaban J connectivity index is 1.70. The van der Waals surface area contributed by atoms with Gasteiger partial charge in [0, 0.05) is 5.56 Å². The molecule has 3 rings (SSSR count). The molecular weight excluding hydrogens is 376 g/mol. The molecule has 1 atom stereocenters. The van der Waals surface area contributed by atoms with E-state index in [1.54, 1.807) is 32.9 Å². The molecule has 0 fully saturated rings. The van der Waals surface area contributed by atoms with Crippen LogP contribution in [0.25, 0.3) is 0 Å². The number of nitrogens with one attached hydrogen (secondary N) is 1. The normalized spacial score (nSPS) is 13.9. The number of carbonyl (C=O) groups is 2. The van der Waals surface area contributed by atoms with Crippen LogP contribution in [-0.2, 0) is 27.4 Å². The fraction of sp³-hybridized carbons (Fsp3) is 0.333. The van der Waals surface area contributed by atoms with Crippen molar-refractivity contribution in [2.24, 2.45) is 5.92 Å². The van der Waals surface area contributed by atoms with E-state index in [-0.39, 0.29) is 18.3 Å². The predicted octanol–water partition coefficient (Wildman–Crippen LogP) is 1.85. The van der Waals surface area contributed by atoms with Gasteiger partial charge in [0.2, 0.25) is 0 Å². The fourth-order valence-electron chi connectivity index (χ4n) is 3.29. The fourth-order valence-corrected chi connectivity index (χ4v) is 3.29. The highest BCUT2D eigenvalue weighted by molar-refractivity contribution is 6.62. The Morgan fingerprint density at radius 1 is 1.24 bits per heavy atom. The summed E-state index contributed by atoms with van der Waals surface area (Å²) < 4.78 is 23.5. The topological polar surface area (TPSA) is 84.9 Å². The van der Waals surface area contributed by atoms with Crippen molar-refractivity contribution in [2.45, 2.75) is 40.0 Å². The number of esters is 1. The third kappa shape index (κ3) is 4.66. The third-order valence-electron chi connectivity index (χ3n) is 4.99. The Labute approximate surface area is 169 Å². The lowest BCUT2D eigenvalue weighted by Gasteiger charge is -2.22. The molecule has 0 bridgehead atoms. The summed E-state index contributed by atoms with van der Waals surface area (Å²) in [7, 11) is -1.06. The highest BCUT2D eigenvalue weighted by Gasteiger charge is 2.32. The van der Waals surface area contributed by atoms with Gasteiger partial charge in [-0.15, -0.1) is 0 Å². The van der Waals surface area contributed by atoms with E-state index in [9.17, 15) is 19.0 Å². The molecule has 2 N–H and O–H groups in total. The van der Waals surface area contributed by atoms with Crippen molar-refractivity contribution in [3.63, 3.8) is 0 Å². The maximum Gasteiger partial charge on any atom is 0.492 e. The van der Waals surface area contributed by atoms with Crippen molar-refractivity contribution in [3.8, 4) is 0 Å². The molecule has 1 heterocycles. The van der Waals surface area contributed by atoms with E-state index in [0.717, 1.165) is 5.56 Å². The molecule has 1 aliphatic rings. The first-order valence-electron chi connectivity index (χ1n) is 9.42. The number of hydrogen-bond donors (Lipinski definition) is 2. The molecule has 1 unspecified atom stereocenters. The van der Waals surface area contributed by atoms with Gasteiger partial charge in [0.25, 0.3) is 5.91 Å². The molecule has 1 amide bonds. The highest BCUT2D eigenvalue weighted by Crippen LogP contribution is 2.17. The summed E-state index contributed by atoms with van der Waals surface area (Å²) in [6, 6.07) is 8.20. The second-order valence-electron chi connectivity index (χ2n) is 7.40. The number of benzene rings is 2. The van der Waals surface area contributed by atoms with Crippen LogP contribution in [0.2, 0.25) is 0 Å². The van der Waals surface area contributed by atoms with Crippen LogP contribution >= 0.6 is 0 Å². The number of fused-ring (bicyclic) bond motifs is 1. The maximum absolute atomic E-state index is 13.0. The van der Waals surface area contributed by atoms with E-state index in [1.807, 2.05) is 0 Å². The van der Waals surface area contributed by atoms with Crippen LogP contribution in [0.5, 0.6) is 0 Å².